The Morgan fingerprint density at radius 3 is 2.44 bits per heavy atom. The molecule has 9 heteroatoms. The van der Waals surface area contributed by atoms with Gasteiger partial charge in [-0.25, -0.2) is 17.9 Å². The largest absolute Gasteiger partial charge is 0.479 e. The Kier molecular flexibility index (Phi) is 5.93. The number of esters is 1. The first kappa shape index (κ1) is 14.8. The number of carboxylic acids is 1. The van der Waals surface area contributed by atoms with Crippen molar-refractivity contribution in [1.82, 2.24) is 4.72 Å². The van der Waals surface area contributed by atoms with E-state index in [-0.39, 0.29) is 13.0 Å². The maximum atomic E-state index is 11.1. The van der Waals surface area contributed by atoms with E-state index in [2.05, 4.69) is 4.74 Å². The van der Waals surface area contributed by atoms with E-state index in [0.717, 1.165) is 7.11 Å². The lowest BCUT2D eigenvalue weighted by Crippen LogP contribution is -2.34. The fourth-order valence-electron chi connectivity index (χ4n) is 0.740. The summed E-state index contributed by atoms with van der Waals surface area (Å²) in [7, 11) is -2.80. The van der Waals surface area contributed by atoms with Crippen LogP contribution in [-0.2, 0) is 24.3 Å². The van der Waals surface area contributed by atoms with Crippen molar-refractivity contribution < 1.29 is 33.0 Å². The van der Waals surface area contributed by atoms with E-state index in [0.29, 0.717) is 0 Å². The first-order chi connectivity index (χ1) is 7.28. The number of sulfonamides is 1. The Morgan fingerprint density at radius 1 is 1.44 bits per heavy atom. The lowest BCUT2D eigenvalue weighted by Gasteiger charge is -2.07. The van der Waals surface area contributed by atoms with Crippen molar-refractivity contribution >= 4 is 22.0 Å². The molecule has 94 valence electrons. The zero-order chi connectivity index (χ0) is 12.8. The Bertz CT molecular complexity index is 350. The Hall–Kier alpha value is -1.19. The molecule has 0 spiro atoms. The van der Waals surface area contributed by atoms with Gasteiger partial charge in [-0.1, -0.05) is 0 Å². The van der Waals surface area contributed by atoms with Crippen LogP contribution in [0.5, 0.6) is 0 Å². The minimum atomic E-state index is -3.84. The molecule has 0 saturated carbocycles. The molecule has 1 atom stereocenters. The van der Waals surface area contributed by atoms with E-state index in [9.17, 15) is 18.0 Å². The summed E-state index contributed by atoms with van der Waals surface area (Å²) in [6, 6.07) is 0. The molecule has 0 bridgehead atoms. The maximum Gasteiger partial charge on any atom is 0.332 e. The molecule has 0 unspecified atom stereocenters. The number of nitrogens with one attached hydrogen (secondary N) is 1. The van der Waals surface area contributed by atoms with Crippen molar-refractivity contribution in [3.8, 4) is 0 Å². The van der Waals surface area contributed by atoms with Crippen LogP contribution in [-0.4, -0.2) is 56.1 Å². The highest BCUT2D eigenvalue weighted by Crippen LogP contribution is 1.92. The normalized spacial score (nSPS) is 13.1. The predicted molar refractivity (Wildman–Crippen MR) is 52.1 cm³/mol. The fraction of sp³-hybridized carbons (Fsp3) is 0.714. The second-order valence-corrected chi connectivity index (χ2v) is 4.68. The molecule has 16 heavy (non-hydrogen) atoms. The number of hydrogen-bond donors (Lipinski definition) is 3. The first-order valence-electron chi connectivity index (χ1n) is 4.23. The van der Waals surface area contributed by atoms with Gasteiger partial charge < -0.3 is 14.9 Å². The molecule has 0 heterocycles. The summed E-state index contributed by atoms with van der Waals surface area (Å²) in [6.07, 6.45) is -1.92. The number of rotatable bonds is 7. The molecule has 3 N–H and O–H groups in total. The second-order valence-electron chi connectivity index (χ2n) is 2.87. The lowest BCUT2D eigenvalue weighted by molar-refractivity contribution is -0.146. The van der Waals surface area contributed by atoms with Gasteiger partial charge in [0.05, 0.1) is 7.11 Å². The number of carboxylic acid groups (broad SMARTS) is 1. The highest BCUT2D eigenvalue weighted by Gasteiger charge is 2.18. The third-order valence-corrected chi connectivity index (χ3v) is 2.82. The van der Waals surface area contributed by atoms with Crippen molar-refractivity contribution in [2.45, 2.75) is 12.5 Å². The van der Waals surface area contributed by atoms with E-state index in [1.807, 2.05) is 4.72 Å². The standard InChI is InChI=1S/C7H13NO7S/c1-15-6(10)4-16(13,14)8-3-2-5(9)7(11)12/h5,8-9H,2-4H2,1H3,(H,11,12)/t5-/m0/s1. The van der Waals surface area contributed by atoms with Gasteiger partial charge in [-0.2, -0.15) is 0 Å². The average molecular weight is 255 g/mol. The van der Waals surface area contributed by atoms with Gasteiger partial charge in [-0.05, 0) is 6.42 Å². The fourth-order valence-corrected chi connectivity index (χ4v) is 1.70. The van der Waals surface area contributed by atoms with Gasteiger partial charge in [0.15, 0.2) is 11.9 Å². The summed E-state index contributed by atoms with van der Waals surface area (Å²) < 4.78 is 28.3. The first-order valence-corrected chi connectivity index (χ1v) is 5.88. The molecule has 0 aromatic carbocycles. The molecule has 0 aromatic rings. The monoisotopic (exact) mass is 255 g/mol. The number of carbonyl (C=O) groups is 2. The van der Waals surface area contributed by atoms with Crippen LogP contribution in [0.15, 0.2) is 0 Å². The van der Waals surface area contributed by atoms with Crippen molar-refractivity contribution in [3.05, 3.63) is 0 Å². The molecule has 0 fully saturated rings. The topological polar surface area (TPSA) is 130 Å². The van der Waals surface area contributed by atoms with Crippen molar-refractivity contribution in [2.24, 2.45) is 0 Å². The van der Waals surface area contributed by atoms with Gasteiger partial charge in [-0.3, -0.25) is 4.79 Å². The van der Waals surface area contributed by atoms with E-state index >= 15 is 0 Å². The third-order valence-electron chi connectivity index (χ3n) is 1.56. The molecule has 0 amide bonds. The SMILES string of the molecule is COC(=O)CS(=O)(=O)NCC[C@H](O)C(=O)O. The minimum absolute atomic E-state index is 0.271. The molecular weight excluding hydrogens is 242 g/mol. The molecule has 0 aliphatic heterocycles. The zero-order valence-corrected chi connectivity index (χ0v) is 9.36. The summed E-state index contributed by atoms with van der Waals surface area (Å²) in [4.78, 5) is 20.8. The molecular formula is C7H13NO7S. The summed E-state index contributed by atoms with van der Waals surface area (Å²) in [6.45, 7) is -0.271. The third kappa shape index (κ3) is 6.32. The Balaban J connectivity index is 4.01. The summed E-state index contributed by atoms with van der Waals surface area (Å²) in [5.41, 5.74) is 0. The lowest BCUT2D eigenvalue weighted by atomic mass is 10.3. The summed E-state index contributed by atoms with van der Waals surface area (Å²) in [5.74, 6) is -3.20. The number of carbonyl (C=O) groups excluding carboxylic acids is 1. The minimum Gasteiger partial charge on any atom is -0.479 e. The van der Waals surface area contributed by atoms with Crippen molar-refractivity contribution in [1.29, 1.82) is 0 Å². The van der Waals surface area contributed by atoms with Crippen LogP contribution in [0.3, 0.4) is 0 Å². The number of hydrogen-bond acceptors (Lipinski definition) is 6. The molecule has 0 aliphatic carbocycles. The van der Waals surface area contributed by atoms with Crippen molar-refractivity contribution in [3.63, 3.8) is 0 Å². The highest BCUT2D eigenvalue weighted by molar-refractivity contribution is 7.90. The quantitative estimate of drug-likeness (QED) is 0.445. The molecule has 0 rings (SSSR count). The van der Waals surface area contributed by atoms with Gasteiger partial charge in [0.25, 0.3) is 0 Å². The van der Waals surface area contributed by atoms with Crippen LogP contribution in [0, 0.1) is 0 Å². The van der Waals surface area contributed by atoms with Gasteiger partial charge in [0.2, 0.25) is 10.0 Å². The van der Waals surface area contributed by atoms with Gasteiger partial charge in [0, 0.05) is 6.54 Å². The number of aliphatic carboxylic acids is 1. The van der Waals surface area contributed by atoms with Crippen LogP contribution in [0.25, 0.3) is 0 Å². The van der Waals surface area contributed by atoms with Crippen LogP contribution in [0.2, 0.25) is 0 Å². The van der Waals surface area contributed by atoms with Crippen molar-refractivity contribution in [2.75, 3.05) is 19.4 Å². The molecule has 0 aromatic heterocycles. The van der Waals surface area contributed by atoms with E-state index in [1.54, 1.807) is 0 Å². The predicted octanol–water partition coefficient (Wildman–Crippen LogP) is -2.09. The van der Waals surface area contributed by atoms with Crippen LogP contribution in [0.1, 0.15) is 6.42 Å². The molecule has 8 nitrogen and oxygen atoms in total. The summed E-state index contributed by atoms with van der Waals surface area (Å²) >= 11 is 0. The second kappa shape index (κ2) is 6.40. The van der Waals surface area contributed by atoms with E-state index in [1.165, 1.54) is 0 Å². The van der Waals surface area contributed by atoms with Crippen LogP contribution < -0.4 is 4.72 Å². The van der Waals surface area contributed by atoms with Gasteiger partial charge >= 0.3 is 11.9 Å². The summed E-state index contributed by atoms with van der Waals surface area (Å²) in [5, 5.41) is 17.1. The maximum absolute atomic E-state index is 11.1. The Labute approximate surface area is 92.3 Å². The molecule has 0 radical (unpaired) electrons. The number of ether oxygens (including phenoxy) is 1. The average Bonchev–Trinajstić information content (AvgIpc) is 2.16. The molecule has 0 saturated heterocycles. The number of methoxy groups -OCH3 is 1. The van der Waals surface area contributed by atoms with Crippen LogP contribution in [0.4, 0.5) is 0 Å². The Morgan fingerprint density at radius 2 is 2.00 bits per heavy atom. The highest BCUT2D eigenvalue weighted by atomic mass is 32.2. The molecule has 0 aliphatic rings. The van der Waals surface area contributed by atoms with Gasteiger partial charge in [-0.15, -0.1) is 0 Å². The number of aliphatic hydroxyl groups is 1. The van der Waals surface area contributed by atoms with Gasteiger partial charge in [0.1, 0.15) is 0 Å². The number of aliphatic hydroxyl groups excluding tert-OH is 1. The van der Waals surface area contributed by atoms with E-state index in [4.69, 9.17) is 10.2 Å². The van der Waals surface area contributed by atoms with Crippen LogP contribution >= 0.6 is 0 Å². The van der Waals surface area contributed by atoms with E-state index < -0.39 is 33.8 Å². The zero-order valence-electron chi connectivity index (χ0n) is 8.54. The smallest absolute Gasteiger partial charge is 0.332 e.